The fourth-order valence-corrected chi connectivity index (χ4v) is 2.08. The number of ether oxygens (including phenoxy) is 1. The largest absolute Gasteiger partial charge is 0.497 e. The first-order valence-corrected chi connectivity index (χ1v) is 7.24. The number of aromatic nitrogens is 2. The monoisotopic (exact) mass is 332 g/mol. The van der Waals surface area contributed by atoms with Crippen molar-refractivity contribution in [3.8, 4) is 17.0 Å². The fraction of sp³-hybridized carbons (Fsp3) is 0.231. The minimum Gasteiger partial charge on any atom is -0.497 e. The molecule has 118 valence electrons. The topological polar surface area (TPSA) is 72.3 Å². The molecular formula is C13H11F3N2O3S. The zero-order chi connectivity index (χ0) is 16.3. The lowest BCUT2D eigenvalue weighted by Crippen LogP contribution is -2.12. The van der Waals surface area contributed by atoms with Crippen LogP contribution in [-0.2, 0) is 23.0 Å². The maximum atomic E-state index is 12.9. The molecule has 0 aliphatic heterocycles. The molecule has 0 amide bonds. The predicted octanol–water partition coefficient (Wildman–Crippen LogP) is 2.89. The van der Waals surface area contributed by atoms with E-state index >= 15 is 0 Å². The van der Waals surface area contributed by atoms with Gasteiger partial charge in [-0.25, -0.2) is 14.2 Å². The first-order chi connectivity index (χ1) is 10.3. The number of hydrogen-bond donors (Lipinski definition) is 1. The normalized spacial score (nSPS) is 13.0. The average Bonchev–Trinajstić information content (AvgIpc) is 2.45. The van der Waals surface area contributed by atoms with Crippen LogP contribution in [0.15, 0.2) is 30.3 Å². The van der Waals surface area contributed by atoms with E-state index in [1.54, 1.807) is 24.3 Å². The van der Waals surface area contributed by atoms with Gasteiger partial charge in [0.25, 0.3) is 0 Å². The molecule has 0 bridgehead atoms. The van der Waals surface area contributed by atoms with Crippen LogP contribution in [0.4, 0.5) is 13.2 Å². The predicted molar refractivity (Wildman–Crippen MR) is 73.5 cm³/mol. The quantitative estimate of drug-likeness (QED) is 0.872. The first-order valence-electron chi connectivity index (χ1n) is 5.96. The van der Waals surface area contributed by atoms with Gasteiger partial charge in [-0.15, -0.1) is 0 Å². The molecule has 0 radical (unpaired) electrons. The Hall–Kier alpha value is -2.00. The lowest BCUT2D eigenvalue weighted by atomic mass is 10.1. The Kier molecular flexibility index (Phi) is 4.77. The molecule has 0 saturated carbocycles. The Labute approximate surface area is 126 Å². The first kappa shape index (κ1) is 16.4. The maximum Gasteiger partial charge on any atom is 0.433 e. The van der Waals surface area contributed by atoms with Gasteiger partial charge in [0.2, 0.25) is 0 Å². The van der Waals surface area contributed by atoms with Gasteiger partial charge in [-0.2, -0.15) is 13.2 Å². The maximum absolute atomic E-state index is 12.9. The number of hydrogen-bond acceptors (Lipinski definition) is 4. The van der Waals surface area contributed by atoms with Crippen LogP contribution in [0.2, 0.25) is 0 Å². The Morgan fingerprint density at radius 2 is 1.86 bits per heavy atom. The number of benzene rings is 1. The second-order valence-corrected chi connectivity index (χ2v) is 5.18. The summed E-state index contributed by atoms with van der Waals surface area (Å²) in [7, 11) is 1.47. The Bertz CT molecular complexity index is 690. The van der Waals surface area contributed by atoms with E-state index in [0.717, 1.165) is 6.07 Å². The number of alkyl halides is 3. The zero-order valence-electron chi connectivity index (χ0n) is 11.3. The van der Waals surface area contributed by atoms with Crippen LogP contribution in [-0.4, -0.2) is 25.8 Å². The molecule has 0 fully saturated rings. The molecule has 0 spiro atoms. The van der Waals surface area contributed by atoms with Crippen molar-refractivity contribution in [3.05, 3.63) is 41.9 Å². The van der Waals surface area contributed by atoms with Gasteiger partial charge in [-0.1, -0.05) is 0 Å². The molecule has 5 nitrogen and oxygen atoms in total. The molecule has 0 saturated heterocycles. The molecule has 1 aromatic heterocycles. The van der Waals surface area contributed by atoms with Gasteiger partial charge >= 0.3 is 6.18 Å². The van der Waals surface area contributed by atoms with E-state index in [-0.39, 0.29) is 11.5 Å². The molecule has 1 unspecified atom stereocenters. The lowest BCUT2D eigenvalue weighted by Gasteiger charge is -2.10. The van der Waals surface area contributed by atoms with Crippen LogP contribution in [0, 0.1) is 0 Å². The summed E-state index contributed by atoms with van der Waals surface area (Å²) in [5, 5.41) is 0. The molecule has 0 aliphatic rings. The highest BCUT2D eigenvalue weighted by molar-refractivity contribution is 7.78. The van der Waals surface area contributed by atoms with E-state index in [2.05, 4.69) is 9.97 Å². The summed E-state index contributed by atoms with van der Waals surface area (Å²) in [6, 6.07) is 7.04. The van der Waals surface area contributed by atoms with Crippen LogP contribution in [0.25, 0.3) is 11.3 Å². The highest BCUT2D eigenvalue weighted by Crippen LogP contribution is 2.30. The van der Waals surface area contributed by atoms with Crippen LogP contribution in [0.3, 0.4) is 0 Å². The van der Waals surface area contributed by atoms with Crippen molar-refractivity contribution >= 4 is 11.1 Å². The van der Waals surface area contributed by atoms with Gasteiger partial charge in [-0.3, -0.25) is 0 Å². The highest BCUT2D eigenvalue weighted by Gasteiger charge is 2.33. The lowest BCUT2D eigenvalue weighted by molar-refractivity contribution is -0.141. The van der Waals surface area contributed by atoms with E-state index < -0.39 is 28.7 Å². The molecule has 0 aliphatic carbocycles. The zero-order valence-corrected chi connectivity index (χ0v) is 12.1. The van der Waals surface area contributed by atoms with Gasteiger partial charge < -0.3 is 9.29 Å². The second-order valence-electron chi connectivity index (χ2n) is 4.25. The van der Waals surface area contributed by atoms with E-state index in [9.17, 15) is 17.4 Å². The summed E-state index contributed by atoms with van der Waals surface area (Å²) in [5.74, 6) is -0.375. The standard InChI is InChI=1S/C13H11F3N2O3S/c1-21-9-4-2-8(3-5-9)10-6-11(13(14,15)16)18-12(17-10)7-22(19)20/h2-6H,7H2,1H3,(H,19,20). The van der Waals surface area contributed by atoms with Crippen LogP contribution >= 0.6 is 0 Å². The number of methoxy groups -OCH3 is 1. The molecule has 2 aromatic rings. The fourth-order valence-electron chi connectivity index (χ4n) is 1.73. The molecule has 22 heavy (non-hydrogen) atoms. The average molecular weight is 332 g/mol. The SMILES string of the molecule is COc1ccc(-c2cc(C(F)(F)F)nc(CS(=O)O)n2)cc1. The summed E-state index contributed by atoms with van der Waals surface area (Å²) in [4.78, 5) is 7.20. The molecule has 2 rings (SSSR count). The van der Waals surface area contributed by atoms with Crippen molar-refractivity contribution in [2.75, 3.05) is 7.11 Å². The summed E-state index contributed by atoms with van der Waals surface area (Å²) in [6.07, 6.45) is -4.67. The summed E-state index contributed by atoms with van der Waals surface area (Å²) >= 11 is -2.33. The van der Waals surface area contributed by atoms with Gasteiger partial charge in [0, 0.05) is 5.56 Å². The molecule has 1 N–H and O–H groups in total. The van der Waals surface area contributed by atoms with Crippen LogP contribution in [0.5, 0.6) is 5.75 Å². The van der Waals surface area contributed by atoms with Gasteiger partial charge in [0.15, 0.2) is 11.1 Å². The third-order valence-electron chi connectivity index (χ3n) is 2.70. The minimum absolute atomic E-state index is 0.0189. The highest BCUT2D eigenvalue weighted by atomic mass is 32.2. The molecule has 1 heterocycles. The summed E-state index contributed by atoms with van der Waals surface area (Å²) in [5.41, 5.74) is -0.724. The molecule has 1 aromatic carbocycles. The number of halogens is 3. The Morgan fingerprint density at radius 1 is 1.23 bits per heavy atom. The third kappa shape index (κ3) is 4.01. The Balaban J connectivity index is 2.50. The van der Waals surface area contributed by atoms with E-state index in [1.807, 2.05) is 0 Å². The van der Waals surface area contributed by atoms with Crippen LogP contribution in [0.1, 0.15) is 11.5 Å². The van der Waals surface area contributed by atoms with E-state index in [0.29, 0.717) is 11.3 Å². The van der Waals surface area contributed by atoms with Crippen molar-refractivity contribution < 1.29 is 26.7 Å². The van der Waals surface area contributed by atoms with Gasteiger partial charge in [0.1, 0.15) is 23.0 Å². The summed E-state index contributed by atoms with van der Waals surface area (Å²) in [6.45, 7) is 0. The minimum atomic E-state index is -4.67. The van der Waals surface area contributed by atoms with E-state index in [1.165, 1.54) is 7.11 Å². The smallest absolute Gasteiger partial charge is 0.433 e. The second kappa shape index (κ2) is 6.41. The van der Waals surface area contributed by atoms with E-state index in [4.69, 9.17) is 9.29 Å². The number of nitrogens with zero attached hydrogens (tertiary/aromatic N) is 2. The van der Waals surface area contributed by atoms with Crippen molar-refractivity contribution in [1.82, 2.24) is 9.97 Å². The van der Waals surface area contributed by atoms with Crippen molar-refractivity contribution in [2.45, 2.75) is 11.9 Å². The van der Waals surface area contributed by atoms with Gasteiger partial charge in [-0.05, 0) is 30.3 Å². The van der Waals surface area contributed by atoms with Crippen molar-refractivity contribution in [2.24, 2.45) is 0 Å². The van der Waals surface area contributed by atoms with Crippen molar-refractivity contribution in [1.29, 1.82) is 0 Å². The third-order valence-corrected chi connectivity index (χ3v) is 3.21. The van der Waals surface area contributed by atoms with Crippen molar-refractivity contribution in [3.63, 3.8) is 0 Å². The molecular weight excluding hydrogens is 321 g/mol. The Morgan fingerprint density at radius 3 is 2.36 bits per heavy atom. The van der Waals surface area contributed by atoms with Gasteiger partial charge in [0.05, 0.1) is 12.8 Å². The number of rotatable bonds is 4. The molecule has 1 atom stereocenters. The van der Waals surface area contributed by atoms with Crippen LogP contribution < -0.4 is 4.74 Å². The molecule has 9 heteroatoms. The summed E-state index contributed by atoms with van der Waals surface area (Å²) < 4.78 is 63.2.